The Kier molecular flexibility index (Phi) is 5.11. The van der Waals surface area contributed by atoms with Crippen LogP contribution in [0.4, 0.5) is 57.1 Å². The first-order valence-electron chi connectivity index (χ1n) is 4.38. The van der Waals surface area contributed by atoms with Crippen LogP contribution in [0.25, 0.3) is 0 Å². The van der Waals surface area contributed by atoms with Gasteiger partial charge in [-0.3, -0.25) is 0 Å². The van der Waals surface area contributed by atoms with Crippen LogP contribution >= 0.6 is 0 Å². The normalized spacial score (nSPS) is 19.3. The minimum Gasteiger partial charge on any atom is -0.308 e. The van der Waals surface area contributed by atoms with Crippen molar-refractivity contribution in [2.45, 2.75) is 36.2 Å². The van der Waals surface area contributed by atoms with Crippen molar-refractivity contribution in [3.63, 3.8) is 0 Å². The lowest BCUT2D eigenvalue weighted by Crippen LogP contribution is -2.72. The molecule has 2 atom stereocenters. The predicted octanol–water partition coefficient (Wildman–Crippen LogP) is 4.33. The van der Waals surface area contributed by atoms with Gasteiger partial charge >= 0.3 is 30.1 Å². The molecule has 0 aromatic carbocycles. The maximum absolute atomic E-state index is 13.4. The average molecular weight is 350 g/mol. The van der Waals surface area contributed by atoms with Crippen LogP contribution in [0.5, 0.6) is 0 Å². The lowest BCUT2D eigenvalue weighted by atomic mass is 9.90. The van der Waals surface area contributed by atoms with Gasteiger partial charge in [-0.25, -0.2) is 17.6 Å². The number of hydrogen-bond acceptors (Lipinski definition) is 1. The van der Waals surface area contributed by atoms with Gasteiger partial charge in [0.15, 0.2) is 6.86 Å². The quantitative estimate of drug-likeness (QED) is 0.686. The Morgan fingerprint density at radius 2 is 1.05 bits per heavy atom. The van der Waals surface area contributed by atoms with Gasteiger partial charge in [0, 0.05) is 0 Å². The van der Waals surface area contributed by atoms with Crippen molar-refractivity contribution in [3.8, 4) is 0 Å². The summed E-state index contributed by atoms with van der Waals surface area (Å²) in [5.74, 6) is -6.77. The van der Waals surface area contributed by atoms with E-state index in [-0.39, 0.29) is 0 Å². The molecule has 0 aliphatic carbocycles. The van der Waals surface area contributed by atoms with Crippen LogP contribution in [-0.4, -0.2) is 43.1 Å². The van der Waals surface area contributed by atoms with E-state index >= 15 is 0 Å². The van der Waals surface area contributed by atoms with Crippen molar-refractivity contribution >= 4 is 0 Å². The lowest BCUT2D eigenvalue weighted by Gasteiger charge is -2.41. The molecule has 1 nitrogen and oxygen atoms in total. The highest BCUT2D eigenvalue weighted by molar-refractivity contribution is 5.10. The van der Waals surface area contributed by atoms with Gasteiger partial charge in [0.25, 0.3) is 6.17 Å². The first-order chi connectivity index (χ1) is 8.97. The topological polar surface area (TPSA) is 9.23 Å². The Balaban J connectivity index is 6.37. The molecule has 0 fully saturated rings. The van der Waals surface area contributed by atoms with Crippen LogP contribution in [-0.2, 0) is 4.74 Å². The molecule has 14 heteroatoms. The smallest absolute Gasteiger partial charge is 0.308 e. The maximum atomic E-state index is 13.4. The predicted molar refractivity (Wildman–Crippen MR) is 37.8 cm³/mol. The number of hydrogen-bond donors (Lipinski definition) is 0. The van der Waals surface area contributed by atoms with Gasteiger partial charge in [-0.1, -0.05) is 0 Å². The van der Waals surface area contributed by atoms with Crippen LogP contribution in [0.1, 0.15) is 0 Å². The molecule has 0 aromatic rings. The van der Waals surface area contributed by atoms with Crippen LogP contribution < -0.4 is 0 Å². The Labute approximate surface area is 106 Å². The molecule has 21 heavy (non-hydrogen) atoms. The molecule has 128 valence electrons. The second-order valence-corrected chi connectivity index (χ2v) is 3.46. The van der Waals surface area contributed by atoms with Crippen LogP contribution in [0.3, 0.4) is 0 Å². The van der Waals surface area contributed by atoms with Gasteiger partial charge in [0.2, 0.25) is 0 Å². The average Bonchev–Trinajstić information content (AvgIpc) is 2.22. The van der Waals surface area contributed by atoms with Crippen molar-refractivity contribution in [2.24, 2.45) is 0 Å². The zero-order valence-electron chi connectivity index (χ0n) is 9.11. The largest absolute Gasteiger partial charge is 0.437 e. The fourth-order valence-corrected chi connectivity index (χ4v) is 1.18. The molecule has 2 unspecified atom stereocenters. The Hall–Kier alpha value is -0.950. The molecule has 0 rings (SSSR count). The zero-order chi connectivity index (χ0) is 17.5. The first-order valence-corrected chi connectivity index (χ1v) is 4.38. The van der Waals surface area contributed by atoms with Crippen molar-refractivity contribution in [3.05, 3.63) is 0 Å². The van der Waals surface area contributed by atoms with E-state index in [1.165, 1.54) is 0 Å². The molecule has 0 aliphatic rings. The molecule has 0 bridgehead atoms. The number of halogens is 13. The van der Waals surface area contributed by atoms with E-state index in [0.717, 1.165) is 0 Å². The molecular formula is C7H3F13O. The van der Waals surface area contributed by atoms with E-state index in [0.29, 0.717) is 0 Å². The van der Waals surface area contributed by atoms with Gasteiger partial charge < -0.3 is 4.74 Å². The molecule has 0 heterocycles. The molecule has 0 radical (unpaired) electrons. The molecule has 0 aromatic heterocycles. The monoisotopic (exact) mass is 350 g/mol. The molecule has 0 saturated heterocycles. The van der Waals surface area contributed by atoms with E-state index in [1.807, 2.05) is 0 Å². The summed E-state index contributed by atoms with van der Waals surface area (Å²) in [6.45, 7) is -3.09. The summed E-state index contributed by atoms with van der Waals surface area (Å²) in [4.78, 5) is 0. The van der Waals surface area contributed by atoms with Crippen LogP contribution in [0.15, 0.2) is 0 Å². The summed E-state index contributed by atoms with van der Waals surface area (Å²) in [7, 11) is 0. The number of rotatable bonds is 4. The Morgan fingerprint density at radius 3 is 1.24 bits per heavy atom. The zero-order valence-corrected chi connectivity index (χ0v) is 9.11. The lowest BCUT2D eigenvalue weighted by molar-refractivity contribution is -0.443. The highest BCUT2D eigenvalue weighted by atomic mass is 19.4. The third-order valence-corrected chi connectivity index (χ3v) is 2.13. The molecule has 0 N–H and O–H groups in total. The Bertz CT molecular complexity index is 339. The van der Waals surface area contributed by atoms with E-state index in [1.54, 1.807) is 0 Å². The number of ether oxygens (including phenoxy) is 1. The fraction of sp³-hybridized carbons (Fsp3) is 1.00. The summed E-state index contributed by atoms with van der Waals surface area (Å²) in [6, 6.07) is 0. The van der Waals surface area contributed by atoms with Gasteiger partial charge in [-0.2, -0.15) is 39.5 Å². The third-order valence-electron chi connectivity index (χ3n) is 2.13. The molecule has 0 saturated carbocycles. The van der Waals surface area contributed by atoms with Crippen molar-refractivity contribution < 1.29 is 61.8 Å². The molecule has 0 amide bonds. The van der Waals surface area contributed by atoms with Gasteiger partial charge in [0.05, 0.1) is 0 Å². The van der Waals surface area contributed by atoms with E-state index in [2.05, 4.69) is 4.74 Å². The molecular weight excluding hydrogens is 347 g/mol. The van der Waals surface area contributed by atoms with Gasteiger partial charge in [0.1, 0.15) is 0 Å². The highest BCUT2D eigenvalue weighted by Gasteiger charge is 2.88. The van der Waals surface area contributed by atoms with Crippen molar-refractivity contribution in [2.75, 3.05) is 6.86 Å². The van der Waals surface area contributed by atoms with Crippen LogP contribution in [0.2, 0.25) is 0 Å². The summed E-state index contributed by atoms with van der Waals surface area (Å²) in [6.07, 6.45) is -27.4. The van der Waals surface area contributed by atoms with E-state index in [9.17, 15) is 57.1 Å². The SMILES string of the molecule is FCOC(F)(C(F)C(F)(F)F)C(F)(C(F)(F)F)C(F)(F)F. The van der Waals surface area contributed by atoms with Gasteiger partial charge in [-0.05, 0) is 0 Å². The minimum atomic E-state index is -7.46. The first kappa shape index (κ1) is 20.1. The minimum absolute atomic E-state index is 2.29. The fourth-order valence-electron chi connectivity index (χ4n) is 1.18. The van der Waals surface area contributed by atoms with Crippen molar-refractivity contribution in [1.82, 2.24) is 0 Å². The van der Waals surface area contributed by atoms with Crippen molar-refractivity contribution in [1.29, 1.82) is 0 Å². The molecule has 0 spiro atoms. The van der Waals surface area contributed by atoms with E-state index < -0.39 is 43.1 Å². The summed E-state index contributed by atoms with van der Waals surface area (Å²) in [5, 5.41) is 0. The number of alkyl halides is 13. The summed E-state index contributed by atoms with van der Waals surface area (Å²) in [5.41, 5.74) is -7.46. The molecule has 0 aliphatic heterocycles. The second kappa shape index (κ2) is 5.35. The third kappa shape index (κ3) is 3.13. The summed E-state index contributed by atoms with van der Waals surface area (Å²) < 4.78 is 161. The summed E-state index contributed by atoms with van der Waals surface area (Å²) >= 11 is 0. The standard InChI is InChI=1S/C7H3F13O/c8-1-21-3(10,2(9)4(11,12)13)5(14,6(15,16)17)7(18,19)20/h2H,1H2. The maximum Gasteiger partial charge on any atom is 0.437 e. The van der Waals surface area contributed by atoms with Gasteiger partial charge in [-0.15, -0.1) is 0 Å². The Morgan fingerprint density at radius 1 is 0.714 bits per heavy atom. The highest BCUT2D eigenvalue weighted by Crippen LogP contribution is 2.57. The second-order valence-electron chi connectivity index (χ2n) is 3.46. The van der Waals surface area contributed by atoms with E-state index in [4.69, 9.17) is 0 Å². The van der Waals surface area contributed by atoms with Crippen LogP contribution in [0, 0.1) is 0 Å².